The summed E-state index contributed by atoms with van der Waals surface area (Å²) in [6.07, 6.45) is 1.49. The zero-order valence-corrected chi connectivity index (χ0v) is 18.3. The molecule has 4 aromatic carbocycles. The van der Waals surface area contributed by atoms with Gasteiger partial charge in [-0.15, -0.1) is 0 Å². The van der Waals surface area contributed by atoms with Gasteiger partial charge in [-0.2, -0.15) is 0 Å². The van der Waals surface area contributed by atoms with E-state index < -0.39 is 4.92 Å². The van der Waals surface area contributed by atoms with Crippen LogP contribution in [0.4, 0.5) is 11.4 Å². The standard InChI is InChI=1S/C26H19N3O5/c1-14-9-15(2)25-22(10-14)28-26(34-25)20-12-17(4-8-23(20)30)27-13-21-19-6-5-18(29(32)33)11-16(19)3-7-24(21)31/h3-13,30-31H,1-2H3. The summed E-state index contributed by atoms with van der Waals surface area (Å²) in [5.74, 6) is 0.271. The van der Waals surface area contributed by atoms with Gasteiger partial charge in [0, 0.05) is 23.9 Å². The highest BCUT2D eigenvalue weighted by molar-refractivity contribution is 6.03. The number of aromatic nitrogens is 1. The highest BCUT2D eigenvalue weighted by Crippen LogP contribution is 2.35. The van der Waals surface area contributed by atoms with E-state index in [4.69, 9.17) is 4.42 Å². The number of non-ortho nitro benzene ring substituents is 1. The Bertz CT molecular complexity index is 1640. The van der Waals surface area contributed by atoms with E-state index in [9.17, 15) is 20.3 Å². The van der Waals surface area contributed by atoms with Crippen LogP contribution in [-0.4, -0.2) is 26.3 Å². The van der Waals surface area contributed by atoms with Crippen molar-refractivity contribution in [2.24, 2.45) is 4.99 Å². The van der Waals surface area contributed by atoms with Crippen molar-refractivity contribution in [2.75, 3.05) is 0 Å². The van der Waals surface area contributed by atoms with E-state index in [-0.39, 0.29) is 23.1 Å². The Hall–Kier alpha value is -4.72. The predicted octanol–water partition coefficient (Wildman–Crippen LogP) is 6.33. The maximum absolute atomic E-state index is 11.1. The van der Waals surface area contributed by atoms with E-state index in [2.05, 4.69) is 9.98 Å². The topological polar surface area (TPSA) is 122 Å². The summed E-state index contributed by atoms with van der Waals surface area (Å²) >= 11 is 0. The van der Waals surface area contributed by atoms with E-state index in [0.29, 0.717) is 38.7 Å². The molecule has 8 nitrogen and oxygen atoms in total. The maximum atomic E-state index is 11.1. The summed E-state index contributed by atoms with van der Waals surface area (Å²) in [7, 11) is 0. The summed E-state index contributed by atoms with van der Waals surface area (Å²) in [6, 6.07) is 16.2. The molecule has 0 spiro atoms. The molecule has 168 valence electrons. The SMILES string of the molecule is Cc1cc(C)c2oc(-c3cc(N=Cc4c(O)ccc5cc([N+](=O)[O-])ccc45)ccc3O)nc2c1. The zero-order chi connectivity index (χ0) is 24.0. The average Bonchev–Trinajstić information content (AvgIpc) is 3.23. The molecule has 5 rings (SSSR count). The van der Waals surface area contributed by atoms with Gasteiger partial charge in [-0.25, -0.2) is 4.98 Å². The van der Waals surface area contributed by atoms with Crippen molar-refractivity contribution in [3.8, 4) is 23.0 Å². The Balaban J connectivity index is 1.56. The molecule has 34 heavy (non-hydrogen) atoms. The number of nitro groups is 1. The molecule has 0 aliphatic heterocycles. The van der Waals surface area contributed by atoms with Gasteiger partial charge in [0.15, 0.2) is 5.58 Å². The number of aliphatic imine (C=N–C) groups is 1. The van der Waals surface area contributed by atoms with Gasteiger partial charge in [-0.3, -0.25) is 15.1 Å². The molecule has 0 saturated heterocycles. The van der Waals surface area contributed by atoms with E-state index >= 15 is 0 Å². The van der Waals surface area contributed by atoms with Gasteiger partial charge < -0.3 is 14.6 Å². The first-order valence-electron chi connectivity index (χ1n) is 10.5. The highest BCUT2D eigenvalue weighted by atomic mass is 16.6. The van der Waals surface area contributed by atoms with Crippen molar-refractivity contribution in [3.63, 3.8) is 0 Å². The highest BCUT2D eigenvalue weighted by Gasteiger charge is 2.15. The fourth-order valence-corrected chi connectivity index (χ4v) is 3.99. The van der Waals surface area contributed by atoms with Crippen molar-refractivity contribution in [3.05, 3.63) is 87.5 Å². The van der Waals surface area contributed by atoms with Crippen LogP contribution < -0.4 is 0 Å². The van der Waals surface area contributed by atoms with Gasteiger partial charge in [-0.1, -0.05) is 12.1 Å². The molecule has 0 bridgehead atoms. The Kier molecular flexibility index (Phi) is 4.98. The maximum Gasteiger partial charge on any atom is 0.270 e. The third-order valence-electron chi connectivity index (χ3n) is 5.61. The largest absolute Gasteiger partial charge is 0.507 e. The molecule has 1 aromatic heterocycles. The molecule has 5 aromatic rings. The minimum absolute atomic E-state index is 0.000184. The quantitative estimate of drug-likeness (QED) is 0.186. The van der Waals surface area contributed by atoms with Gasteiger partial charge in [0.2, 0.25) is 5.89 Å². The third-order valence-corrected chi connectivity index (χ3v) is 5.61. The molecule has 1 heterocycles. The number of rotatable bonds is 4. The van der Waals surface area contributed by atoms with Crippen LogP contribution in [0, 0.1) is 24.0 Å². The number of fused-ring (bicyclic) bond motifs is 2. The average molecular weight is 453 g/mol. The van der Waals surface area contributed by atoms with Crippen LogP contribution in [0.2, 0.25) is 0 Å². The molecule has 2 N–H and O–H groups in total. The summed E-state index contributed by atoms with van der Waals surface area (Å²) in [5.41, 5.74) is 4.66. The van der Waals surface area contributed by atoms with Crippen LogP contribution in [0.1, 0.15) is 16.7 Å². The number of hydrogen-bond acceptors (Lipinski definition) is 7. The first kappa shape index (κ1) is 21.1. The minimum Gasteiger partial charge on any atom is -0.507 e. The number of benzene rings is 4. The van der Waals surface area contributed by atoms with Gasteiger partial charge in [0.05, 0.1) is 16.2 Å². The number of aryl methyl sites for hydroxylation is 2. The summed E-state index contributed by atoms with van der Waals surface area (Å²) in [6.45, 7) is 3.92. The molecular weight excluding hydrogens is 434 g/mol. The molecular formula is C26H19N3O5. The molecule has 0 unspecified atom stereocenters. The van der Waals surface area contributed by atoms with Crippen LogP contribution in [0.5, 0.6) is 11.5 Å². The first-order chi connectivity index (χ1) is 16.3. The van der Waals surface area contributed by atoms with Crippen LogP contribution in [-0.2, 0) is 0 Å². The molecule has 0 fully saturated rings. The summed E-state index contributed by atoms with van der Waals surface area (Å²) < 4.78 is 5.93. The fourth-order valence-electron chi connectivity index (χ4n) is 3.99. The van der Waals surface area contributed by atoms with E-state index in [1.165, 1.54) is 30.5 Å². The van der Waals surface area contributed by atoms with Gasteiger partial charge >= 0.3 is 0 Å². The second kappa shape index (κ2) is 8.00. The molecule has 8 heteroatoms. The number of nitrogens with zero attached hydrogens (tertiary/aromatic N) is 3. The predicted molar refractivity (Wildman–Crippen MR) is 130 cm³/mol. The molecule has 0 amide bonds. The van der Waals surface area contributed by atoms with Crippen molar-refractivity contribution >= 4 is 39.5 Å². The normalized spacial score (nSPS) is 11.6. The lowest BCUT2D eigenvalue weighted by molar-refractivity contribution is -0.384. The minimum atomic E-state index is -0.465. The lowest BCUT2D eigenvalue weighted by atomic mass is 10.0. The van der Waals surface area contributed by atoms with Crippen LogP contribution in [0.3, 0.4) is 0 Å². The number of aromatic hydroxyl groups is 2. The van der Waals surface area contributed by atoms with Crippen LogP contribution in [0.25, 0.3) is 33.3 Å². The molecule has 0 atom stereocenters. The van der Waals surface area contributed by atoms with Crippen molar-refractivity contribution in [1.29, 1.82) is 0 Å². The van der Waals surface area contributed by atoms with E-state index in [1.807, 2.05) is 26.0 Å². The van der Waals surface area contributed by atoms with Crippen LogP contribution >= 0.6 is 0 Å². The smallest absolute Gasteiger partial charge is 0.270 e. The van der Waals surface area contributed by atoms with Gasteiger partial charge in [0.1, 0.15) is 17.0 Å². The third kappa shape index (κ3) is 3.71. The van der Waals surface area contributed by atoms with Gasteiger partial charge in [0.25, 0.3) is 5.69 Å². The van der Waals surface area contributed by atoms with E-state index in [1.54, 1.807) is 24.3 Å². The molecule has 0 saturated carbocycles. The Morgan fingerprint density at radius 3 is 2.59 bits per heavy atom. The number of hydrogen-bond donors (Lipinski definition) is 2. The Morgan fingerprint density at radius 2 is 1.79 bits per heavy atom. The zero-order valence-electron chi connectivity index (χ0n) is 18.3. The summed E-state index contributed by atoms with van der Waals surface area (Å²) in [4.78, 5) is 19.6. The monoisotopic (exact) mass is 453 g/mol. The second-order valence-corrected chi connectivity index (χ2v) is 8.07. The lowest BCUT2D eigenvalue weighted by Gasteiger charge is -2.06. The Labute approximate surface area is 193 Å². The number of phenolic OH excluding ortho intramolecular Hbond substituents is 2. The van der Waals surface area contributed by atoms with E-state index in [0.717, 1.165) is 11.1 Å². The lowest BCUT2D eigenvalue weighted by Crippen LogP contribution is -1.90. The summed E-state index contributed by atoms with van der Waals surface area (Å²) in [5, 5.41) is 33.1. The molecule has 0 aliphatic rings. The van der Waals surface area contributed by atoms with Crippen molar-refractivity contribution in [1.82, 2.24) is 4.98 Å². The van der Waals surface area contributed by atoms with Gasteiger partial charge in [-0.05, 0) is 72.1 Å². The van der Waals surface area contributed by atoms with Crippen LogP contribution in [0.15, 0.2) is 70.1 Å². The second-order valence-electron chi connectivity index (χ2n) is 8.07. The molecule has 0 aliphatic carbocycles. The van der Waals surface area contributed by atoms with Crippen molar-refractivity contribution < 1.29 is 19.6 Å². The number of phenols is 2. The molecule has 0 radical (unpaired) electrons. The number of nitro benzene ring substituents is 1. The fraction of sp³-hybridized carbons (Fsp3) is 0.0769. The van der Waals surface area contributed by atoms with Crippen molar-refractivity contribution in [2.45, 2.75) is 13.8 Å². The number of oxazole rings is 1. The first-order valence-corrected chi connectivity index (χ1v) is 10.5. The Morgan fingerprint density at radius 1 is 1.00 bits per heavy atom.